The molecule has 1 saturated heterocycles. The molecule has 0 atom stereocenters. The van der Waals surface area contributed by atoms with Gasteiger partial charge in [0.05, 0.1) is 5.52 Å². The minimum Gasteiger partial charge on any atom is -0.444 e. The first-order valence-electron chi connectivity index (χ1n) is 15.9. The van der Waals surface area contributed by atoms with Crippen molar-refractivity contribution in [3.63, 3.8) is 0 Å². The van der Waals surface area contributed by atoms with E-state index in [1.54, 1.807) is 4.90 Å². The number of nitrogens with zero attached hydrogens (tertiary/aromatic N) is 3. The fourth-order valence-electron chi connectivity index (χ4n) is 5.43. The Kier molecular flexibility index (Phi) is 10.7. The number of ether oxygens (including phenoxy) is 1. The van der Waals surface area contributed by atoms with E-state index in [0.29, 0.717) is 13.1 Å². The van der Waals surface area contributed by atoms with Gasteiger partial charge in [0.25, 0.3) is 0 Å². The van der Waals surface area contributed by atoms with Crippen LogP contribution in [0.4, 0.5) is 16.2 Å². The monoisotopic (exact) mass is 610 g/mol. The van der Waals surface area contributed by atoms with Crippen LogP contribution in [0.3, 0.4) is 0 Å². The topological polar surface area (TPSA) is 57.7 Å². The number of anilines is 2. The Labute approximate surface area is 267 Å². The van der Waals surface area contributed by atoms with Crippen LogP contribution in [0.25, 0.3) is 22.0 Å². The number of fused-ring (bicyclic) bond motifs is 1. The van der Waals surface area contributed by atoms with Gasteiger partial charge in [-0.3, -0.25) is 4.98 Å². The van der Waals surface area contributed by atoms with Crippen LogP contribution in [0.1, 0.15) is 52.0 Å². The van der Waals surface area contributed by atoms with E-state index in [9.17, 15) is 4.79 Å². The van der Waals surface area contributed by atoms with Crippen LogP contribution in [-0.4, -0.2) is 60.1 Å². The molecule has 1 fully saturated rings. The molecule has 6 nitrogen and oxygen atoms in total. The summed E-state index contributed by atoms with van der Waals surface area (Å²) in [4.78, 5) is 22.4. The third-order valence-electron chi connectivity index (χ3n) is 7.91. The molecule has 1 N–H and O–H groups in total. The molecule has 0 aliphatic carbocycles. The van der Waals surface area contributed by atoms with E-state index in [-0.39, 0.29) is 6.09 Å². The summed E-state index contributed by atoms with van der Waals surface area (Å²) in [7, 11) is 0. The molecule has 0 spiro atoms. The van der Waals surface area contributed by atoms with Gasteiger partial charge in [0.15, 0.2) is 0 Å². The van der Waals surface area contributed by atoms with Crippen molar-refractivity contribution in [2.45, 2.75) is 63.9 Å². The summed E-state index contributed by atoms with van der Waals surface area (Å²) >= 11 is 1.95. The van der Waals surface area contributed by atoms with Gasteiger partial charge in [-0.2, -0.15) is 0 Å². The van der Waals surface area contributed by atoms with Gasteiger partial charge in [-0.15, -0.1) is 11.8 Å². The number of benzene rings is 3. The fraction of sp³-hybridized carbons (Fsp3) is 0.405. The van der Waals surface area contributed by atoms with Crippen LogP contribution in [0.5, 0.6) is 0 Å². The molecule has 0 unspecified atom stereocenters. The number of thioether (sulfide) groups is 1. The molecule has 0 radical (unpaired) electrons. The largest absolute Gasteiger partial charge is 0.444 e. The van der Waals surface area contributed by atoms with Gasteiger partial charge in [-0.05, 0) is 93.8 Å². The van der Waals surface area contributed by atoms with Gasteiger partial charge >= 0.3 is 6.09 Å². The fourth-order valence-corrected chi connectivity index (χ4v) is 6.49. The number of amides is 1. The second kappa shape index (κ2) is 14.8. The van der Waals surface area contributed by atoms with Crippen molar-refractivity contribution in [3.05, 3.63) is 84.6 Å². The number of nitrogens with one attached hydrogen (secondary N) is 1. The lowest BCUT2D eigenvalue weighted by atomic mass is 10.0. The molecule has 5 rings (SSSR count). The van der Waals surface area contributed by atoms with Crippen LogP contribution in [0.15, 0.2) is 83.9 Å². The number of carbonyl (C=O) groups excluding carboxylic acids is 1. The Morgan fingerprint density at radius 1 is 0.864 bits per heavy atom. The van der Waals surface area contributed by atoms with Crippen molar-refractivity contribution < 1.29 is 9.53 Å². The SMILES string of the molecule is Cc1ccc(-c2ccc3c(SCCCCCCNc4ccc(N5CCN(C(=O)OC(C)(C)C)CC5)cc4)ccnc3c2)cc1. The number of aromatic nitrogens is 1. The second-order valence-electron chi connectivity index (χ2n) is 12.6. The highest BCUT2D eigenvalue weighted by atomic mass is 32.2. The third kappa shape index (κ3) is 8.91. The summed E-state index contributed by atoms with van der Waals surface area (Å²) in [6, 6.07) is 26.2. The van der Waals surface area contributed by atoms with Crippen LogP contribution < -0.4 is 10.2 Å². The summed E-state index contributed by atoms with van der Waals surface area (Å²) in [5.41, 5.74) is 6.69. The molecule has 1 aliphatic rings. The van der Waals surface area contributed by atoms with Gasteiger partial charge in [0, 0.05) is 60.6 Å². The Morgan fingerprint density at radius 2 is 1.57 bits per heavy atom. The molecular formula is C37H46N4O2S. The summed E-state index contributed by atoms with van der Waals surface area (Å²) in [5, 5.41) is 4.82. The number of unbranched alkanes of at least 4 members (excludes halogenated alkanes) is 3. The van der Waals surface area contributed by atoms with Crippen molar-refractivity contribution >= 4 is 40.1 Å². The molecule has 1 aliphatic heterocycles. The number of carbonyl (C=O) groups is 1. The molecule has 1 aromatic heterocycles. The summed E-state index contributed by atoms with van der Waals surface area (Å²) in [6.45, 7) is 11.8. The van der Waals surface area contributed by atoms with Crippen molar-refractivity contribution in [1.29, 1.82) is 0 Å². The zero-order valence-corrected chi connectivity index (χ0v) is 27.5. The average Bonchev–Trinajstić information content (AvgIpc) is 3.02. The van der Waals surface area contributed by atoms with Gasteiger partial charge in [-0.25, -0.2) is 4.79 Å². The van der Waals surface area contributed by atoms with Crippen molar-refractivity contribution in [2.24, 2.45) is 0 Å². The molecule has 7 heteroatoms. The Hall–Kier alpha value is -3.71. The van der Waals surface area contributed by atoms with Crippen LogP contribution >= 0.6 is 11.8 Å². The van der Waals surface area contributed by atoms with Crippen LogP contribution in [0, 0.1) is 6.92 Å². The smallest absolute Gasteiger partial charge is 0.410 e. The average molecular weight is 611 g/mol. The quantitative estimate of drug-likeness (QED) is 0.135. The van der Waals surface area contributed by atoms with E-state index in [1.807, 2.05) is 38.7 Å². The molecule has 3 aromatic carbocycles. The highest BCUT2D eigenvalue weighted by molar-refractivity contribution is 7.99. The number of hydrogen-bond acceptors (Lipinski definition) is 6. The van der Waals surface area contributed by atoms with E-state index in [4.69, 9.17) is 4.74 Å². The molecule has 4 aromatic rings. The highest BCUT2D eigenvalue weighted by Gasteiger charge is 2.25. The minimum absolute atomic E-state index is 0.217. The van der Waals surface area contributed by atoms with E-state index in [2.05, 4.69) is 94.9 Å². The minimum atomic E-state index is -0.458. The highest BCUT2D eigenvalue weighted by Crippen LogP contribution is 2.31. The van der Waals surface area contributed by atoms with Crippen molar-refractivity contribution in [1.82, 2.24) is 9.88 Å². The Balaban J connectivity index is 0.974. The molecular weight excluding hydrogens is 565 g/mol. The van der Waals surface area contributed by atoms with Crippen LogP contribution in [0.2, 0.25) is 0 Å². The van der Waals surface area contributed by atoms with Crippen LogP contribution in [-0.2, 0) is 4.74 Å². The molecule has 1 amide bonds. The van der Waals surface area contributed by atoms with Crippen molar-refractivity contribution in [3.8, 4) is 11.1 Å². The molecule has 0 saturated carbocycles. The standard InChI is InChI=1S/C37H46N4O2S/c1-28-9-11-29(12-10-28)30-13-18-33-34(27-30)39-21-19-35(33)44-26-8-6-5-7-20-38-31-14-16-32(17-15-31)40-22-24-41(25-23-40)36(42)43-37(2,3)4/h9-19,21,27,38H,5-8,20,22-26H2,1-4H3. The van der Waals surface area contributed by atoms with E-state index in [0.717, 1.165) is 36.6 Å². The summed E-state index contributed by atoms with van der Waals surface area (Å²) in [5.74, 6) is 1.12. The van der Waals surface area contributed by atoms with E-state index >= 15 is 0 Å². The lowest BCUT2D eigenvalue weighted by molar-refractivity contribution is 0.0240. The second-order valence-corrected chi connectivity index (χ2v) is 13.7. The maximum absolute atomic E-state index is 12.3. The zero-order chi connectivity index (χ0) is 30.9. The number of rotatable bonds is 11. The summed E-state index contributed by atoms with van der Waals surface area (Å²) < 4.78 is 5.51. The first-order chi connectivity index (χ1) is 21.2. The lowest BCUT2D eigenvalue weighted by Gasteiger charge is -2.36. The first-order valence-corrected chi connectivity index (χ1v) is 16.9. The maximum Gasteiger partial charge on any atom is 0.410 e. The van der Waals surface area contributed by atoms with Gasteiger partial charge in [-0.1, -0.05) is 54.8 Å². The Bertz CT molecular complexity index is 1510. The summed E-state index contributed by atoms with van der Waals surface area (Å²) in [6.07, 6.45) is 6.57. The van der Waals surface area contributed by atoms with Gasteiger partial charge in [0.2, 0.25) is 0 Å². The normalized spacial score (nSPS) is 13.7. The lowest BCUT2D eigenvalue weighted by Crippen LogP contribution is -2.50. The van der Waals surface area contributed by atoms with Gasteiger partial charge in [0.1, 0.15) is 5.60 Å². The molecule has 44 heavy (non-hydrogen) atoms. The van der Waals surface area contributed by atoms with E-state index < -0.39 is 5.60 Å². The number of hydrogen-bond donors (Lipinski definition) is 1. The number of piperazine rings is 1. The van der Waals surface area contributed by atoms with Crippen molar-refractivity contribution in [2.75, 3.05) is 48.7 Å². The zero-order valence-electron chi connectivity index (χ0n) is 26.6. The predicted molar refractivity (Wildman–Crippen MR) is 186 cm³/mol. The molecule has 2 heterocycles. The molecule has 0 bridgehead atoms. The Morgan fingerprint density at radius 3 is 2.30 bits per heavy atom. The number of pyridine rings is 1. The number of aryl methyl sites for hydroxylation is 1. The predicted octanol–water partition coefficient (Wildman–Crippen LogP) is 9.03. The van der Waals surface area contributed by atoms with E-state index in [1.165, 1.54) is 58.3 Å². The first kappa shape index (κ1) is 31.7. The van der Waals surface area contributed by atoms with Gasteiger partial charge < -0.3 is 19.9 Å². The third-order valence-corrected chi connectivity index (χ3v) is 9.07. The maximum atomic E-state index is 12.3. The molecule has 232 valence electrons.